The van der Waals surface area contributed by atoms with Crippen LogP contribution in [0.1, 0.15) is 23.0 Å². The SMILES string of the molecule is O=C1C(Cl)=C(Cl)C(=O)[C@]2(Cl)[C@@H]3c4cccc5cccc(c45)[C@@H]3[C@]12Cl. The van der Waals surface area contributed by atoms with Gasteiger partial charge in [0.15, 0.2) is 11.6 Å². The fourth-order valence-corrected chi connectivity index (χ4v) is 6.30. The maximum atomic E-state index is 12.8. The molecule has 0 aromatic heterocycles. The Labute approximate surface area is 157 Å². The lowest BCUT2D eigenvalue weighted by Crippen LogP contribution is -2.74. The van der Waals surface area contributed by atoms with Gasteiger partial charge in [0.2, 0.25) is 0 Å². The molecule has 4 atom stereocenters. The summed E-state index contributed by atoms with van der Waals surface area (Å²) < 4.78 is 0. The van der Waals surface area contributed by atoms with Gasteiger partial charge < -0.3 is 0 Å². The molecule has 3 aliphatic carbocycles. The van der Waals surface area contributed by atoms with Gasteiger partial charge in [0, 0.05) is 11.8 Å². The summed E-state index contributed by atoms with van der Waals surface area (Å²) in [4.78, 5) is 22.5. The van der Waals surface area contributed by atoms with Crippen LogP contribution in [0.15, 0.2) is 46.5 Å². The van der Waals surface area contributed by atoms with Gasteiger partial charge in [-0.3, -0.25) is 9.59 Å². The molecule has 0 saturated heterocycles. The normalized spacial score (nSPS) is 36.7. The molecule has 3 aliphatic rings. The number of carbonyl (C=O) groups is 2. The van der Waals surface area contributed by atoms with E-state index in [1.807, 2.05) is 36.4 Å². The van der Waals surface area contributed by atoms with Crippen molar-refractivity contribution in [2.75, 3.05) is 0 Å². The van der Waals surface area contributed by atoms with E-state index < -0.39 is 33.2 Å². The van der Waals surface area contributed by atoms with Crippen LogP contribution in [0.2, 0.25) is 0 Å². The molecule has 0 radical (unpaired) electrons. The predicted molar refractivity (Wildman–Crippen MR) is 95.3 cm³/mol. The smallest absolute Gasteiger partial charge is 0.199 e. The molecule has 1 fully saturated rings. The van der Waals surface area contributed by atoms with Gasteiger partial charge in [0.1, 0.15) is 19.8 Å². The van der Waals surface area contributed by atoms with Gasteiger partial charge in [-0.05, 0) is 21.9 Å². The monoisotopic (exact) mass is 396 g/mol. The summed E-state index contributed by atoms with van der Waals surface area (Å²) >= 11 is 25.5. The first-order valence-corrected chi connectivity index (χ1v) is 8.90. The fourth-order valence-electron chi connectivity index (χ4n) is 4.65. The van der Waals surface area contributed by atoms with E-state index >= 15 is 0 Å². The Morgan fingerprint density at radius 3 is 1.58 bits per heavy atom. The number of alkyl halides is 2. The number of Topliss-reactive ketones (excluding diaryl/α,β-unsaturated/α-hetero) is 2. The first-order chi connectivity index (χ1) is 11.3. The van der Waals surface area contributed by atoms with Crippen LogP contribution in [0.25, 0.3) is 10.8 Å². The molecule has 120 valence electrons. The standard InChI is InChI=1S/C18H8Cl4O2/c19-13-14(20)16(24)18(22)12-9-6-2-4-7-3-1-5-8(10(7)9)11(12)17(18,21)15(13)23/h1-6,11-12H/t11-,12+,17-,18+. The molecule has 2 aromatic rings. The van der Waals surface area contributed by atoms with Crippen LogP contribution in [0.5, 0.6) is 0 Å². The number of halogens is 4. The Hall–Kier alpha value is -1.06. The zero-order valence-corrected chi connectivity index (χ0v) is 15.0. The highest BCUT2D eigenvalue weighted by Gasteiger charge is 2.81. The second-order valence-electron chi connectivity index (χ2n) is 6.46. The summed E-state index contributed by atoms with van der Waals surface area (Å²) in [5.41, 5.74) is 1.87. The topological polar surface area (TPSA) is 34.1 Å². The third kappa shape index (κ3) is 1.30. The number of rotatable bonds is 0. The first-order valence-electron chi connectivity index (χ1n) is 7.39. The van der Waals surface area contributed by atoms with Crippen molar-refractivity contribution in [1.29, 1.82) is 0 Å². The Balaban J connectivity index is 1.88. The van der Waals surface area contributed by atoms with Gasteiger partial charge in [0.25, 0.3) is 0 Å². The highest BCUT2D eigenvalue weighted by Crippen LogP contribution is 2.75. The average Bonchev–Trinajstić information content (AvgIpc) is 2.92. The van der Waals surface area contributed by atoms with Crippen molar-refractivity contribution >= 4 is 68.7 Å². The van der Waals surface area contributed by atoms with Crippen molar-refractivity contribution in [3.63, 3.8) is 0 Å². The molecule has 1 saturated carbocycles. The third-order valence-corrected chi connectivity index (χ3v) is 7.94. The number of hydrogen-bond donors (Lipinski definition) is 0. The molecule has 2 aromatic carbocycles. The van der Waals surface area contributed by atoms with Gasteiger partial charge >= 0.3 is 0 Å². The van der Waals surface area contributed by atoms with E-state index in [0.29, 0.717) is 0 Å². The molecule has 24 heavy (non-hydrogen) atoms. The van der Waals surface area contributed by atoms with E-state index in [1.54, 1.807) is 0 Å². The largest absolute Gasteiger partial charge is 0.291 e. The molecular weight excluding hydrogens is 390 g/mol. The Bertz CT molecular complexity index is 950. The molecular formula is C18H8Cl4O2. The lowest BCUT2D eigenvalue weighted by Gasteiger charge is -2.60. The van der Waals surface area contributed by atoms with E-state index in [1.165, 1.54) is 0 Å². The average molecular weight is 398 g/mol. The van der Waals surface area contributed by atoms with Gasteiger partial charge in [0.05, 0.1) is 0 Å². The molecule has 0 amide bonds. The van der Waals surface area contributed by atoms with Crippen molar-refractivity contribution in [3.05, 3.63) is 57.6 Å². The Morgan fingerprint density at radius 2 is 1.17 bits per heavy atom. The zero-order valence-electron chi connectivity index (χ0n) is 11.9. The predicted octanol–water partition coefficient (Wildman–Crippen LogP) is 4.83. The van der Waals surface area contributed by atoms with Crippen molar-refractivity contribution in [2.24, 2.45) is 0 Å². The van der Waals surface area contributed by atoms with Crippen molar-refractivity contribution in [3.8, 4) is 0 Å². The van der Waals surface area contributed by atoms with E-state index in [2.05, 4.69) is 0 Å². The van der Waals surface area contributed by atoms with Gasteiger partial charge in [-0.1, -0.05) is 59.6 Å². The van der Waals surface area contributed by atoms with Crippen LogP contribution in [0.4, 0.5) is 0 Å². The Kier molecular flexibility index (Phi) is 2.77. The van der Waals surface area contributed by atoms with Crippen LogP contribution in [-0.2, 0) is 9.59 Å². The zero-order chi connectivity index (χ0) is 17.0. The fraction of sp³-hybridized carbons (Fsp3) is 0.222. The lowest BCUT2D eigenvalue weighted by atomic mass is 9.50. The molecule has 0 spiro atoms. The maximum absolute atomic E-state index is 12.8. The van der Waals surface area contributed by atoms with Crippen molar-refractivity contribution in [1.82, 2.24) is 0 Å². The van der Waals surface area contributed by atoms with Gasteiger partial charge in [-0.15, -0.1) is 23.2 Å². The molecule has 0 heterocycles. The molecule has 6 heteroatoms. The Morgan fingerprint density at radius 1 is 0.750 bits per heavy atom. The molecule has 2 nitrogen and oxygen atoms in total. The number of allylic oxidation sites excluding steroid dienone is 2. The summed E-state index contributed by atoms with van der Waals surface area (Å²) in [6.45, 7) is 0. The number of ketones is 2. The quantitative estimate of drug-likeness (QED) is 0.596. The van der Waals surface area contributed by atoms with E-state index in [4.69, 9.17) is 46.4 Å². The van der Waals surface area contributed by atoms with Gasteiger partial charge in [-0.2, -0.15) is 0 Å². The van der Waals surface area contributed by atoms with E-state index in [-0.39, 0.29) is 10.1 Å². The number of fused-ring (bicyclic) bond motifs is 6. The summed E-state index contributed by atoms with van der Waals surface area (Å²) in [6.07, 6.45) is 0. The van der Waals surface area contributed by atoms with Crippen LogP contribution in [-0.4, -0.2) is 21.3 Å². The highest BCUT2D eigenvalue weighted by molar-refractivity contribution is 6.67. The highest BCUT2D eigenvalue weighted by atomic mass is 35.5. The van der Waals surface area contributed by atoms with Crippen LogP contribution in [0.3, 0.4) is 0 Å². The summed E-state index contributed by atoms with van der Waals surface area (Å²) in [7, 11) is 0. The number of benzene rings is 2. The minimum atomic E-state index is -1.61. The summed E-state index contributed by atoms with van der Waals surface area (Å²) in [6, 6.07) is 11.7. The van der Waals surface area contributed by atoms with E-state index in [0.717, 1.165) is 21.9 Å². The number of hydrogen-bond acceptors (Lipinski definition) is 2. The molecule has 0 bridgehead atoms. The van der Waals surface area contributed by atoms with Gasteiger partial charge in [-0.25, -0.2) is 0 Å². The minimum Gasteiger partial charge on any atom is -0.291 e. The van der Waals surface area contributed by atoms with Crippen molar-refractivity contribution < 1.29 is 9.59 Å². The second-order valence-corrected chi connectivity index (χ2v) is 8.41. The molecule has 0 unspecified atom stereocenters. The molecule has 0 N–H and O–H groups in total. The summed E-state index contributed by atoms with van der Waals surface area (Å²) in [5.74, 6) is -1.94. The second kappa shape index (κ2) is 4.37. The first kappa shape index (κ1) is 15.2. The molecule has 5 rings (SSSR count). The van der Waals surface area contributed by atoms with E-state index in [9.17, 15) is 9.59 Å². The lowest BCUT2D eigenvalue weighted by molar-refractivity contribution is -0.133. The maximum Gasteiger partial charge on any atom is 0.199 e. The molecule has 0 aliphatic heterocycles. The van der Waals surface area contributed by atoms with Crippen LogP contribution in [0, 0.1) is 0 Å². The van der Waals surface area contributed by atoms with Crippen molar-refractivity contribution in [2.45, 2.75) is 21.6 Å². The van der Waals surface area contributed by atoms with Crippen LogP contribution >= 0.6 is 46.4 Å². The minimum absolute atomic E-state index is 0.325. The summed E-state index contributed by atoms with van der Waals surface area (Å²) in [5, 5.41) is 1.39. The number of carbonyl (C=O) groups excluding carboxylic acids is 2. The third-order valence-electron chi connectivity index (χ3n) is 5.61. The van der Waals surface area contributed by atoms with Crippen LogP contribution < -0.4 is 0 Å².